The summed E-state index contributed by atoms with van der Waals surface area (Å²) in [5.41, 5.74) is 0.545. The highest BCUT2D eigenvalue weighted by Gasteiger charge is 2.16. The maximum absolute atomic E-state index is 9.83. The lowest BCUT2D eigenvalue weighted by atomic mass is 9.98. The fraction of sp³-hybridized carbons (Fsp3) is 0.385. The molecule has 0 saturated carbocycles. The van der Waals surface area contributed by atoms with Crippen molar-refractivity contribution in [2.45, 2.75) is 25.9 Å². The van der Waals surface area contributed by atoms with E-state index in [1.54, 1.807) is 18.4 Å². The number of ether oxygens (including phenoxy) is 1. The van der Waals surface area contributed by atoms with Crippen LogP contribution in [-0.2, 0) is 6.42 Å². The first-order valence-corrected chi connectivity index (χ1v) is 6.14. The second-order valence-electron chi connectivity index (χ2n) is 4.61. The zero-order chi connectivity index (χ0) is 11.8. The van der Waals surface area contributed by atoms with Crippen LogP contribution in [-0.4, -0.2) is 17.8 Å². The number of benzene rings is 1. The third kappa shape index (κ3) is 2.36. The van der Waals surface area contributed by atoms with Crippen LogP contribution in [0.4, 0.5) is 0 Å². The highest BCUT2D eigenvalue weighted by molar-refractivity contribution is 7.17. The maximum atomic E-state index is 9.83. The third-order valence-corrected chi connectivity index (χ3v) is 3.48. The highest BCUT2D eigenvalue weighted by Crippen LogP contribution is 2.31. The van der Waals surface area contributed by atoms with Gasteiger partial charge >= 0.3 is 0 Å². The van der Waals surface area contributed by atoms with Crippen LogP contribution in [0.3, 0.4) is 0 Å². The molecule has 0 atom stereocenters. The van der Waals surface area contributed by atoms with Gasteiger partial charge in [0, 0.05) is 11.1 Å². The number of fused-ring (bicyclic) bond motifs is 1. The Morgan fingerprint density at radius 1 is 1.38 bits per heavy atom. The molecule has 0 fully saturated rings. The first-order valence-electron chi connectivity index (χ1n) is 5.26. The molecular weight excluding hydrogens is 220 g/mol. The minimum Gasteiger partial charge on any atom is -0.497 e. The van der Waals surface area contributed by atoms with E-state index < -0.39 is 5.60 Å². The molecule has 0 spiro atoms. The zero-order valence-electron chi connectivity index (χ0n) is 9.78. The molecular formula is C13H16O2S. The molecule has 86 valence electrons. The zero-order valence-corrected chi connectivity index (χ0v) is 10.6. The fourth-order valence-corrected chi connectivity index (χ4v) is 2.78. The van der Waals surface area contributed by atoms with Gasteiger partial charge in [0.2, 0.25) is 0 Å². The molecule has 0 radical (unpaired) electrons. The van der Waals surface area contributed by atoms with Gasteiger partial charge in [0.25, 0.3) is 0 Å². The van der Waals surface area contributed by atoms with Gasteiger partial charge in [-0.05, 0) is 48.4 Å². The lowest BCUT2D eigenvalue weighted by Gasteiger charge is -2.16. The average molecular weight is 236 g/mol. The third-order valence-electron chi connectivity index (χ3n) is 2.49. The van der Waals surface area contributed by atoms with Crippen LogP contribution < -0.4 is 4.74 Å². The van der Waals surface area contributed by atoms with Crippen molar-refractivity contribution in [3.8, 4) is 5.75 Å². The van der Waals surface area contributed by atoms with Gasteiger partial charge in [0.15, 0.2) is 0 Å². The Bertz CT molecular complexity index is 494. The van der Waals surface area contributed by atoms with Crippen molar-refractivity contribution in [2.24, 2.45) is 0 Å². The second kappa shape index (κ2) is 4.07. The fourth-order valence-electron chi connectivity index (χ4n) is 1.79. The lowest BCUT2D eigenvalue weighted by molar-refractivity contribution is 0.0814. The van der Waals surface area contributed by atoms with Crippen LogP contribution >= 0.6 is 11.3 Å². The van der Waals surface area contributed by atoms with E-state index in [-0.39, 0.29) is 0 Å². The summed E-state index contributed by atoms with van der Waals surface area (Å²) < 4.78 is 6.40. The Balaban J connectivity index is 2.42. The molecule has 16 heavy (non-hydrogen) atoms. The van der Waals surface area contributed by atoms with E-state index in [1.807, 2.05) is 26.0 Å². The summed E-state index contributed by atoms with van der Waals surface area (Å²) in [5, 5.41) is 13.2. The minimum absolute atomic E-state index is 0.659. The van der Waals surface area contributed by atoms with Gasteiger partial charge in [-0.25, -0.2) is 0 Å². The van der Waals surface area contributed by atoms with Crippen molar-refractivity contribution in [1.29, 1.82) is 0 Å². The van der Waals surface area contributed by atoms with E-state index >= 15 is 0 Å². The van der Waals surface area contributed by atoms with Crippen LogP contribution in [0, 0.1) is 0 Å². The molecule has 0 bridgehead atoms. The molecule has 0 unspecified atom stereocenters. The summed E-state index contributed by atoms with van der Waals surface area (Å²) in [6.45, 7) is 3.67. The first-order chi connectivity index (χ1) is 7.49. The summed E-state index contributed by atoms with van der Waals surface area (Å²) in [4.78, 5) is 0. The van der Waals surface area contributed by atoms with Crippen LogP contribution in [0.2, 0.25) is 0 Å². The Hall–Kier alpha value is -1.06. The van der Waals surface area contributed by atoms with Gasteiger partial charge in [0.05, 0.1) is 12.7 Å². The highest BCUT2D eigenvalue weighted by atomic mass is 32.1. The molecule has 0 aliphatic carbocycles. The number of rotatable bonds is 3. The summed E-state index contributed by atoms with van der Waals surface area (Å²) in [6, 6.07) is 6.06. The van der Waals surface area contributed by atoms with Crippen LogP contribution in [0.15, 0.2) is 23.6 Å². The molecule has 2 rings (SSSR count). The molecule has 3 heteroatoms. The average Bonchev–Trinajstić information content (AvgIpc) is 2.58. The molecule has 1 aromatic carbocycles. The monoisotopic (exact) mass is 236 g/mol. The van der Waals surface area contributed by atoms with Crippen molar-refractivity contribution in [3.63, 3.8) is 0 Å². The van der Waals surface area contributed by atoms with Crippen molar-refractivity contribution >= 4 is 21.4 Å². The molecule has 2 aromatic rings. The molecule has 2 nitrogen and oxygen atoms in total. The van der Waals surface area contributed by atoms with Crippen LogP contribution in [0.5, 0.6) is 5.75 Å². The number of aliphatic hydroxyl groups is 1. The van der Waals surface area contributed by atoms with Crippen molar-refractivity contribution in [2.75, 3.05) is 7.11 Å². The second-order valence-corrected chi connectivity index (χ2v) is 5.52. The van der Waals surface area contributed by atoms with Gasteiger partial charge in [-0.2, -0.15) is 0 Å². The van der Waals surface area contributed by atoms with Crippen molar-refractivity contribution in [3.05, 3.63) is 29.1 Å². The number of thiophene rings is 1. The van der Waals surface area contributed by atoms with E-state index in [2.05, 4.69) is 11.4 Å². The molecule has 0 saturated heterocycles. The maximum Gasteiger partial charge on any atom is 0.120 e. The largest absolute Gasteiger partial charge is 0.497 e. The predicted molar refractivity (Wildman–Crippen MR) is 68.4 cm³/mol. The Labute approximate surface area is 99.5 Å². The molecule has 0 aliphatic rings. The summed E-state index contributed by atoms with van der Waals surface area (Å²) >= 11 is 1.69. The van der Waals surface area contributed by atoms with E-state index in [4.69, 9.17) is 4.74 Å². The van der Waals surface area contributed by atoms with E-state index in [0.29, 0.717) is 6.42 Å². The van der Waals surface area contributed by atoms with Gasteiger partial charge < -0.3 is 9.84 Å². The summed E-state index contributed by atoms with van der Waals surface area (Å²) in [5.74, 6) is 0.879. The molecule has 0 aliphatic heterocycles. The Morgan fingerprint density at radius 2 is 2.12 bits per heavy atom. The molecule has 1 N–H and O–H groups in total. The molecule has 1 heterocycles. The molecule has 1 aromatic heterocycles. The summed E-state index contributed by atoms with van der Waals surface area (Å²) in [7, 11) is 1.67. The van der Waals surface area contributed by atoms with Gasteiger partial charge in [-0.1, -0.05) is 0 Å². The van der Waals surface area contributed by atoms with Crippen molar-refractivity contribution < 1.29 is 9.84 Å². The van der Waals surface area contributed by atoms with E-state index in [9.17, 15) is 5.11 Å². The summed E-state index contributed by atoms with van der Waals surface area (Å²) in [6.07, 6.45) is 0.680. The Kier molecular flexibility index (Phi) is 2.91. The van der Waals surface area contributed by atoms with E-state index in [1.165, 1.54) is 15.6 Å². The molecule has 0 amide bonds. The Morgan fingerprint density at radius 3 is 2.75 bits per heavy atom. The SMILES string of the molecule is COc1ccc2c(CC(C)(C)O)csc2c1. The number of hydrogen-bond acceptors (Lipinski definition) is 3. The smallest absolute Gasteiger partial charge is 0.120 e. The van der Waals surface area contributed by atoms with E-state index in [0.717, 1.165) is 5.75 Å². The number of methoxy groups -OCH3 is 1. The normalized spacial score (nSPS) is 12.0. The minimum atomic E-state index is -0.659. The van der Waals surface area contributed by atoms with Gasteiger partial charge in [-0.3, -0.25) is 0 Å². The lowest BCUT2D eigenvalue weighted by Crippen LogP contribution is -2.21. The van der Waals surface area contributed by atoms with Crippen molar-refractivity contribution in [1.82, 2.24) is 0 Å². The predicted octanol–water partition coefficient (Wildman–Crippen LogP) is 3.22. The quantitative estimate of drug-likeness (QED) is 0.886. The van der Waals surface area contributed by atoms with Gasteiger partial charge in [0.1, 0.15) is 5.75 Å². The van der Waals surface area contributed by atoms with Crippen LogP contribution in [0.1, 0.15) is 19.4 Å². The first kappa shape index (κ1) is 11.4. The number of hydrogen-bond donors (Lipinski definition) is 1. The standard InChI is InChI=1S/C13H16O2S/c1-13(2,14)7-9-8-16-12-6-10(15-3)4-5-11(9)12/h4-6,8,14H,7H2,1-3H3. The topological polar surface area (TPSA) is 29.5 Å². The van der Waals surface area contributed by atoms with Crippen LogP contribution in [0.25, 0.3) is 10.1 Å². The van der Waals surface area contributed by atoms with Gasteiger partial charge in [-0.15, -0.1) is 11.3 Å².